The van der Waals surface area contributed by atoms with E-state index < -0.39 is 10.0 Å². The Balaban J connectivity index is 1.33. The Morgan fingerprint density at radius 3 is 2.53 bits per heavy atom. The fraction of sp³-hybridized carbons (Fsp3) is 0.304. The van der Waals surface area contributed by atoms with Gasteiger partial charge in [0.25, 0.3) is 0 Å². The zero-order valence-electron chi connectivity index (χ0n) is 17.6. The number of carbonyl (C=O) groups is 1. The van der Waals surface area contributed by atoms with Gasteiger partial charge in [-0.2, -0.15) is 4.31 Å². The summed E-state index contributed by atoms with van der Waals surface area (Å²) in [4.78, 5) is 18.0. The molecule has 9 heteroatoms. The quantitative estimate of drug-likeness (QED) is 0.581. The predicted octanol–water partition coefficient (Wildman–Crippen LogP) is 4.22. The van der Waals surface area contributed by atoms with Crippen LogP contribution in [0.4, 0.5) is 9.52 Å². The summed E-state index contributed by atoms with van der Waals surface area (Å²) in [5.74, 6) is -0.707. The monoisotopic (exact) mass is 473 g/mol. The molecule has 3 aromatic rings. The lowest BCUT2D eigenvalue weighted by Gasteiger charge is -2.30. The van der Waals surface area contributed by atoms with Crippen LogP contribution in [0.1, 0.15) is 28.8 Å². The minimum atomic E-state index is -3.56. The first-order valence-corrected chi connectivity index (χ1v) is 12.6. The van der Waals surface area contributed by atoms with E-state index in [1.807, 2.05) is 6.92 Å². The molecule has 0 bridgehead atoms. The third kappa shape index (κ3) is 5.06. The maximum Gasteiger partial charge on any atom is 0.243 e. The number of anilines is 1. The number of hydrogen-bond acceptors (Lipinski definition) is 5. The summed E-state index contributed by atoms with van der Waals surface area (Å²) >= 11 is 1.32. The number of carbonyl (C=O) groups excluding carboxylic acids is 1. The Bertz CT molecular complexity index is 1200. The number of amides is 1. The highest BCUT2D eigenvalue weighted by atomic mass is 32.2. The first kappa shape index (κ1) is 22.6. The molecule has 1 aliphatic rings. The molecule has 1 saturated heterocycles. The number of nitrogens with one attached hydrogen (secondary N) is 1. The van der Waals surface area contributed by atoms with Crippen LogP contribution in [-0.4, -0.2) is 36.7 Å². The van der Waals surface area contributed by atoms with Crippen molar-refractivity contribution < 1.29 is 17.6 Å². The van der Waals surface area contributed by atoms with Crippen LogP contribution in [0, 0.1) is 18.7 Å². The summed E-state index contributed by atoms with van der Waals surface area (Å²) in [6.45, 7) is 2.50. The third-order valence-electron chi connectivity index (χ3n) is 5.59. The molecule has 2 aromatic carbocycles. The number of nitrogens with zero attached hydrogens (tertiary/aromatic N) is 2. The van der Waals surface area contributed by atoms with Crippen molar-refractivity contribution in [3.63, 3.8) is 0 Å². The lowest BCUT2D eigenvalue weighted by molar-refractivity contribution is -0.120. The van der Waals surface area contributed by atoms with Gasteiger partial charge in [0.15, 0.2) is 5.13 Å². The molecule has 0 unspecified atom stereocenters. The molecule has 1 aromatic heterocycles. The van der Waals surface area contributed by atoms with E-state index in [2.05, 4.69) is 10.3 Å². The zero-order valence-corrected chi connectivity index (χ0v) is 19.3. The van der Waals surface area contributed by atoms with Gasteiger partial charge in [0, 0.05) is 36.5 Å². The minimum absolute atomic E-state index is 0.163. The average molecular weight is 474 g/mol. The SMILES string of the molecule is Cc1ccc(S(=O)(=O)N2CCC(C(=O)Nc3ncc(Cc4ccccc4F)s3)CC2)cc1. The molecule has 1 fully saturated rings. The van der Waals surface area contributed by atoms with Gasteiger partial charge in [0.2, 0.25) is 15.9 Å². The molecule has 0 spiro atoms. The van der Waals surface area contributed by atoms with Crippen molar-refractivity contribution in [2.24, 2.45) is 5.92 Å². The molecule has 168 valence electrons. The molecule has 0 radical (unpaired) electrons. The molecule has 4 rings (SSSR count). The van der Waals surface area contributed by atoms with Crippen molar-refractivity contribution in [3.8, 4) is 0 Å². The van der Waals surface area contributed by atoms with Crippen LogP contribution in [0.3, 0.4) is 0 Å². The number of rotatable bonds is 6. The molecule has 0 aliphatic carbocycles. The molecule has 6 nitrogen and oxygen atoms in total. The fourth-order valence-electron chi connectivity index (χ4n) is 3.70. The van der Waals surface area contributed by atoms with E-state index in [9.17, 15) is 17.6 Å². The Kier molecular flexibility index (Phi) is 6.68. The van der Waals surface area contributed by atoms with Crippen molar-refractivity contribution in [2.45, 2.75) is 31.1 Å². The highest BCUT2D eigenvalue weighted by Crippen LogP contribution is 2.27. The van der Waals surface area contributed by atoms with Crippen molar-refractivity contribution in [2.75, 3.05) is 18.4 Å². The summed E-state index contributed by atoms with van der Waals surface area (Å²) in [7, 11) is -3.56. The largest absolute Gasteiger partial charge is 0.302 e. The maximum absolute atomic E-state index is 13.8. The van der Waals surface area contributed by atoms with Gasteiger partial charge in [-0.25, -0.2) is 17.8 Å². The lowest BCUT2D eigenvalue weighted by atomic mass is 9.97. The Hall–Kier alpha value is -2.62. The van der Waals surface area contributed by atoms with E-state index >= 15 is 0 Å². The molecule has 1 aliphatic heterocycles. The van der Waals surface area contributed by atoms with Crippen LogP contribution >= 0.6 is 11.3 Å². The number of halogens is 1. The van der Waals surface area contributed by atoms with Crippen LogP contribution in [0.15, 0.2) is 59.6 Å². The van der Waals surface area contributed by atoms with E-state index in [0.29, 0.717) is 43.0 Å². The van der Waals surface area contributed by atoms with Gasteiger partial charge in [0.1, 0.15) is 5.82 Å². The highest BCUT2D eigenvalue weighted by molar-refractivity contribution is 7.89. The van der Waals surface area contributed by atoms with E-state index in [4.69, 9.17) is 0 Å². The van der Waals surface area contributed by atoms with Crippen LogP contribution in [-0.2, 0) is 21.2 Å². The van der Waals surface area contributed by atoms with Gasteiger partial charge in [-0.15, -0.1) is 11.3 Å². The molecule has 32 heavy (non-hydrogen) atoms. The third-order valence-corrected chi connectivity index (χ3v) is 8.42. The molecular formula is C23H24FN3O3S2. The lowest BCUT2D eigenvalue weighted by Crippen LogP contribution is -2.41. The van der Waals surface area contributed by atoms with Crippen molar-refractivity contribution >= 4 is 32.4 Å². The predicted molar refractivity (Wildman–Crippen MR) is 123 cm³/mol. The molecule has 0 saturated carbocycles. The number of thiazole rings is 1. The number of aryl methyl sites for hydroxylation is 1. The van der Waals surface area contributed by atoms with Crippen molar-refractivity contribution in [1.29, 1.82) is 0 Å². The topological polar surface area (TPSA) is 79.4 Å². The average Bonchev–Trinajstić information content (AvgIpc) is 3.22. The van der Waals surface area contributed by atoms with Crippen LogP contribution in [0.2, 0.25) is 0 Å². The van der Waals surface area contributed by atoms with Crippen LogP contribution < -0.4 is 5.32 Å². The van der Waals surface area contributed by atoms with Crippen molar-refractivity contribution in [1.82, 2.24) is 9.29 Å². The summed E-state index contributed by atoms with van der Waals surface area (Å²) in [6, 6.07) is 13.4. The second-order valence-electron chi connectivity index (χ2n) is 7.88. The van der Waals surface area contributed by atoms with E-state index in [-0.39, 0.29) is 22.5 Å². The van der Waals surface area contributed by atoms with Gasteiger partial charge in [-0.1, -0.05) is 35.9 Å². The summed E-state index contributed by atoms with van der Waals surface area (Å²) in [6.07, 6.45) is 2.95. The van der Waals surface area contributed by atoms with Gasteiger partial charge in [-0.05, 0) is 43.5 Å². The molecule has 0 atom stereocenters. The zero-order chi connectivity index (χ0) is 22.7. The number of piperidine rings is 1. The molecule has 1 amide bonds. The standard InChI is InChI=1S/C23H24FN3O3S2/c1-16-6-8-20(9-7-16)32(29,30)27-12-10-17(11-13-27)22(28)26-23-25-15-19(31-23)14-18-4-2-3-5-21(18)24/h2-9,15,17H,10-14H2,1H3,(H,25,26,28). The van der Waals surface area contributed by atoms with Gasteiger partial charge >= 0.3 is 0 Å². The van der Waals surface area contributed by atoms with Gasteiger partial charge in [0.05, 0.1) is 4.90 Å². The highest BCUT2D eigenvalue weighted by Gasteiger charge is 2.32. The summed E-state index contributed by atoms with van der Waals surface area (Å²) < 4.78 is 41.0. The Morgan fingerprint density at radius 1 is 1.16 bits per heavy atom. The number of sulfonamides is 1. The van der Waals surface area contributed by atoms with Crippen LogP contribution in [0.5, 0.6) is 0 Å². The van der Waals surface area contributed by atoms with Crippen molar-refractivity contribution in [3.05, 3.63) is 76.5 Å². The summed E-state index contributed by atoms with van der Waals surface area (Å²) in [5.41, 5.74) is 1.58. The maximum atomic E-state index is 13.8. The molecular weight excluding hydrogens is 449 g/mol. The number of hydrogen-bond donors (Lipinski definition) is 1. The second kappa shape index (κ2) is 9.48. The molecule has 1 N–H and O–H groups in total. The Labute approximate surface area is 191 Å². The normalized spacial score (nSPS) is 15.6. The first-order valence-electron chi connectivity index (χ1n) is 10.4. The van der Waals surface area contributed by atoms with Gasteiger partial charge in [-0.3, -0.25) is 4.79 Å². The van der Waals surface area contributed by atoms with Gasteiger partial charge < -0.3 is 5.32 Å². The van der Waals surface area contributed by atoms with Crippen LogP contribution in [0.25, 0.3) is 0 Å². The number of benzene rings is 2. The van der Waals surface area contributed by atoms with E-state index in [0.717, 1.165) is 10.4 Å². The Morgan fingerprint density at radius 2 is 1.84 bits per heavy atom. The smallest absolute Gasteiger partial charge is 0.243 e. The van der Waals surface area contributed by atoms with E-state index in [1.165, 1.54) is 21.7 Å². The fourth-order valence-corrected chi connectivity index (χ4v) is 6.01. The summed E-state index contributed by atoms with van der Waals surface area (Å²) in [5, 5.41) is 3.30. The molecule has 2 heterocycles. The second-order valence-corrected chi connectivity index (χ2v) is 10.9. The number of aromatic nitrogens is 1. The minimum Gasteiger partial charge on any atom is -0.302 e. The first-order chi connectivity index (χ1) is 15.3. The van der Waals surface area contributed by atoms with E-state index in [1.54, 1.807) is 48.7 Å².